The highest BCUT2D eigenvalue weighted by atomic mass is 19.1. The molecule has 24 heavy (non-hydrogen) atoms. The lowest BCUT2D eigenvalue weighted by atomic mass is 10.2. The van der Waals surface area contributed by atoms with Crippen molar-refractivity contribution in [1.82, 2.24) is 14.3 Å². The third-order valence-electron chi connectivity index (χ3n) is 4.20. The SMILES string of the molecule is O=C(Nc1ccn2cc(-c3ccccc3)nc2c1)N1CC[C@H](F)C1. The van der Waals surface area contributed by atoms with Gasteiger partial charge in [-0.2, -0.15) is 0 Å². The molecule has 1 saturated heterocycles. The number of hydrogen-bond acceptors (Lipinski definition) is 2. The van der Waals surface area contributed by atoms with Crippen LogP contribution in [0, 0.1) is 0 Å². The van der Waals surface area contributed by atoms with E-state index in [0.717, 1.165) is 16.9 Å². The van der Waals surface area contributed by atoms with Crippen molar-refractivity contribution in [3.63, 3.8) is 0 Å². The quantitative estimate of drug-likeness (QED) is 0.783. The summed E-state index contributed by atoms with van der Waals surface area (Å²) in [7, 11) is 0. The molecule has 2 aromatic heterocycles. The van der Waals surface area contributed by atoms with Crippen molar-refractivity contribution in [1.29, 1.82) is 0 Å². The van der Waals surface area contributed by atoms with Crippen LogP contribution < -0.4 is 5.32 Å². The van der Waals surface area contributed by atoms with Gasteiger partial charge < -0.3 is 14.6 Å². The Labute approximate surface area is 138 Å². The third kappa shape index (κ3) is 2.82. The summed E-state index contributed by atoms with van der Waals surface area (Å²) in [6.45, 7) is 0.617. The van der Waals surface area contributed by atoms with Crippen LogP contribution in [0.15, 0.2) is 54.9 Å². The molecule has 0 spiro atoms. The number of alkyl halides is 1. The molecule has 0 aliphatic carbocycles. The highest BCUT2D eigenvalue weighted by Crippen LogP contribution is 2.21. The van der Waals surface area contributed by atoms with Crippen LogP contribution in [0.1, 0.15) is 6.42 Å². The van der Waals surface area contributed by atoms with Gasteiger partial charge in [0.15, 0.2) is 0 Å². The molecule has 1 N–H and O–H groups in total. The number of imidazole rings is 1. The minimum absolute atomic E-state index is 0.162. The van der Waals surface area contributed by atoms with Crippen LogP contribution in [-0.2, 0) is 0 Å². The van der Waals surface area contributed by atoms with Gasteiger partial charge >= 0.3 is 6.03 Å². The van der Waals surface area contributed by atoms with Gasteiger partial charge in [0, 0.05) is 36.3 Å². The van der Waals surface area contributed by atoms with Crippen LogP contribution in [0.5, 0.6) is 0 Å². The molecule has 1 fully saturated rings. The maximum Gasteiger partial charge on any atom is 0.321 e. The zero-order chi connectivity index (χ0) is 16.5. The van der Waals surface area contributed by atoms with Gasteiger partial charge in [-0.15, -0.1) is 0 Å². The fourth-order valence-corrected chi connectivity index (χ4v) is 2.91. The lowest BCUT2D eigenvalue weighted by Crippen LogP contribution is -2.33. The molecule has 5 nitrogen and oxygen atoms in total. The number of fused-ring (bicyclic) bond motifs is 1. The topological polar surface area (TPSA) is 49.6 Å². The second-order valence-electron chi connectivity index (χ2n) is 5.94. The minimum Gasteiger partial charge on any atom is -0.322 e. The Hall–Kier alpha value is -2.89. The van der Waals surface area contributed by atoms with E-state index >= 15 is 0 Å². The number of amides is 2. The van der Waals surface area contributed by atoms with Crippen molar-refractivity contribution in [3.05, 3.63) is 54.9 Å². The molecule has 0 unspecified atom stereocenters. The van der Waals surface area contributed by atoms with E-state index in [0.29, 0.717) is 18.7 Å². The first kappa shape index (κ1) is 14.7. The van der Waals surface area contributed by atoms with Crippen LogP contribution in [0.25, 0.3) is 16.9 Å². The Balaban J connectivity index is 1.56. The van der Waals surface area contributed by atoms with Gasteiger partial charge in [0.25, 0.3) is 0 Å². The number of pyridine rings is 1. The lowest BCUT2D eigenvalue weighted by molar-refractivity contribution is 0.218. The molecule has 1 aliphatic heterocycles. The Morgan fingerprint density at radius 3 is 2.83 bits per heavy atom. The van der Waals surface area contributed by atoms with E-state index in [9.17, 15) is 9.18 Å². The summed E-state index contributed by atoms with van der Waals surface area (Å²) < 4.78 is 15.1. The molecule has 1 aliphatic rings. The van der Waals surface area contributed by atoms with Gasteiger partial charge in [-0.05, 0) is 12.5 Å². The number of aromatic nitrogens is 2. The molecule has 0 bridgehead atoms. The predicted octanol–water partition coefficient (Wildman–Crippen LogP) is 3.58. The monoisotopic (exact) mass is 324 g/mol. The molecule has 0 saturated carbocycles. The number of nitrogens with zero attached hydrogens (tertiary/aromatic N) is 3. The van der Waals surface area contributed by atoms with E-state index in [1.165, 1.54) is 4.90 Å². The van der Waals surface area contributed by atoms with E-state index in [2.05, 4.69) is 10.3 Å². The summed E-state index contributed by atoms with van der Waals surface area (Å²) in [6.07, 6.45) is 3.29. The first-order valence-corrected chi connectivity index (χ1v) is 7.93. The van der Waals surface area contributed by atoms with Crippen molar-refractivity contribution in [2.75, 3.05) is 18.4 Å². The van der Waals surface area contributed by atoms with Gasteiger partial charge in [0.05, 0.1) is 12.2 Å². The van der Waals surface area contributed by atoms with Crippen LogP contribution in [0.4, 0.5) is 14.9 Å². The van der Waals surface area contributed by atoms with Crippen molar-refractivity contribution in [2.45, 2.75) is 12.6 Å². The van der Waals surface area contributed by atoms with Crippen molar-refractivity contribution >= 4 is 17.4 Å². The number of nitrogens with one attached hydrogen (secondary N) is 1. The zero-order valence-electron chi connectivity index (χ0n) is 13.0. The fourth-order valence-electron chi connectivity index (χ4n) is 2.91. The van der Waals surface area contributed by atoms with Gasteiger partial charge in [0.2, 0.25) is 0 Å². The normalized spacial score (nSPS) is 17.4. The zero-order valence-corrected chi connectivity index (χ0v) is 13.0. The summed E-state index contributed by atoms with van der Waals surface area (Å²) in [5.74, 6) is 0. The average Bonchev–Trinajstić information content (AvgIpc) is 3.21. The second-order valence-corrected chi connectivity index (χ2v) is 5.94. The molecule has 6 heteroatoms. The number of rotatable bonds is 2. The molecule has 4 rings (SSSR count). The number of urea groups is 1. The Morgan fingerprint density at radius 2 is 2.08 bits per heavy atom. The van der Waals surface area contributed by atoms with Crippen molar-refractivity contribution < 1.29 is 9.18 Å². The smallest absolute Gasteiger partial charge is 0.321 e. The van der Waals surface area contributed by atoms with E-state index in [-0.39, 0.29) is 12.6 Å². The van der Waals surface area contributed by atoms with Crippen LogP contribution >= 0.6 is 0 Å². The third-order valence-corrected chi connectivity index (χ3v) is 4.20. The van der Waals surface area contributed by atoms with Crippen LogP contribution in [0.2, 0.25) is 0 Å². The first-order valence-electron chi connectivity index (χ1n) is 7.93. The maximum atomic E-state index is 13.2. The lowest BCUT2D eigenvalue weighted by Gasteiger charge is -2.16. The molecule has 3 heterocycles. The Kier molecular flexibility index (Phi) is 3.65. The molecule has 3 aromatic rings. The molecular formula is C18H17FN4O. The number of halogens is 1. The number of carbonyl (C=O) groups is 1. The molecule has 2 amide bonds. The van der Waals surface area contributed by atoms with Crippen LogP contribution in [0.3, 0.4) is 0 Å². The summed E-state index contributed by atoms with van der Waals surface area (Å²) in [5.41, 5.74) is 3.31. The van der Waals surface area contributed by atoms with E-state index in [1.54, 1.807) is 0 Å². The number of hydrogen-bond donors (Lipinski definition) is 1. The predicted molar refractivity (Wildman–Crippen MR) is 90.7 cm³/mol. The molecule has 1 atom stereocenters. The Bertz CT molecular complexity index is 877. The number of anilines is 1. The highest BCUT2D eigenvalue weighted by Gasteiger charge is 2.25. The summed E-state index contributed by atoms with van der Waals surface area (Å²) in [5, 5.41) is 2.81. The van der Waals surface area contributed by atoms with Crippen molar-refractivity contribution in [2.24, 2.45) is 0 Å². The first-order chi connectivity index (χ1) is 11.7. The summed E-state index contributed by atoms with van der Waals surface area (Å²) >= 11 is 0. The van der Waals surface area contributed by atoms with Crippen molar-refractivity contribution in [3.8, 4) is 11.3 Å². The molecule has 0 radical (unpaired) electrons. The second kappa shape index (κ2) is 5.96. The van der Waals surface area contributed by atoms with Crippen LogP contribution in [-0.4, -0.2) is 39.6 Å². The van der Waals surface area contributed by atoms with E-state index < -0.39 is 6.17 Å². The van der Waals surface area contributed by atoms with Gasteiger partial charge in [0.1, 0.15) is 11.8 Å². The largest absolute Gasteiger partial charge is 0.322 e. The average molecular weight is 324 g/mol. The number of carbonyl (C=O) groups excluding carboxylic acids is 1. The molecule has 1 aromatic carbocycles. The van der Waals surface area contributed by atoms with Gasteiger partial charge in [-0.25, -0.2) is 14.2 Å². The standard InChI is InChI=1S/C18H17FN4O/c19-14-6-8-23(11-14)18(24)20-15-7-9-22-12-16(21-17(22)10-15)13-4-2-1-3-5-13/h1-5,7,9-10,12,14H,6,8,11H2,(H,20,24)/t14-/m0/s1. The molecular weight excluding hydrogens is 307 g/mol. The van der Waals surface area contributed by atoms with Gasteiger partial charge in [-0.3, -0.25) is 0 Å². The van der Waals surface area contributed by atoms with E-state index in [4.69, 9.17) is 0 Å². The fraction of sp³-hybridized carbons (Fsp3) is 0.222. The highest BCUT2D eigenvalue weighted by molar-refractivity contribution is 5.90. The van der Waals surface area contributed by atoms with E-state index in [1.807, 2.05) is 59.3 Å². The summed E-state index contributed by atoms with van der Waals surface area (Å²) in [6, 6.07) is 13.3. The summed E-state index contributed by atoms with van der Waals surface area (Å²) in [4.78, 5) is 18.2. The molecule has 122 valence electrons. The number of benzene rings is 1. The van der Waals surface area contributed by atoms with Gasteiger partial charge in [-0.1, -0.05) is 30.3 Å². The number of likely N-dealkylation sites (tertiary alicyclic amines) is 1. The minimum atomic E-state index is -0.918. The maximum absolute atomic E-state index is 13.2. The Morgan fingerprint density at radius 1 is 1.25 bits per heavy atom.